The van der Waals surface area contributed by atoms with Crippen LogP contribution in [0.5, 0.6) is 5.75 Å². The van der Waals surface area contributed by atoms with E-state index < -0.39 is 5.91 Å². The van der Waals surface area contributed by atoms with Gasteiger partial charge in [0.15, 0.2) is 5.13 Å². The number of imidazole rings is 1. The first-order valence-electron chi connectivity index (χ1n) is 8.59. The van der Waals surface area contributed by atoms with Crippen LogP contribution in [0.15, 0.2) is 23.6 Å². The van der Waals surface area contributed by atoms with Crippen molar-refractivity contribution in [1.82, 2.24) is 14.5 Å². The van der Waals surface area contributed by atoms with Gasteiger partial charge in [-0.2, -0.15) is 0 Å². The molecule has 7 nitrogen and oxygen atoms in total. The first kappa shape index (κ1) is 18.9. The topological polar surface area (TPSA) is 95.1 Å². The second-order valence-corrected chi connectivity index (χ2v) is 7.41. The van der Waals surface area contributed by atoms with Gasteiger partial charge in [0, 0.05) is 18.0 Å². The number of anilines is 2. The molecule has 142 valence electrons. The van der Waals surface area contributed by atoms with Gasteiger partial charge in [-0.3, -0.25) is 4.79 Å². The third-order valence-corrected chi connectivity index (χ3v) is 4.87. The summed E-state index contributed by atoms with van der Waals surface area (Å²) in [6.07, 6.45) is -0.00287. The van der Waals surface area contributed by atoms with Gasteiger partial charge in [0.1, 0.15) is 17.3 Å². The molecule has 0 aliphatic carbocycles. The molecule has 0 unspecified atom stereocenters. The standard InChI is InChI=1S/C19H23N5O2S/c1-10(2)26-16-7-6-13(18(20)25)8-14(16)22-19-23-15(9-27-19)17-11(3)21-12(4)24(17)5/h6-10H,1-5H3,(H2,20,25)(H,22,23). The Kier molecular flexibility index (Phi) is 5.18. The van der Waals surface area contributed by atoms with Gasteiger partial charge >= 0.3 is 0 Å². The molecule has 0 fully saturated rings. The molecular weight excluding hydrogens is 362 g/mol. The zero-order chi connectivity index (χ0) is 19.7. The number of rotatable bonds is 6. The van der Waals surface area contributed by atoms with Crippen molar-refractivity contribution < 1.29 is 9.53 Å². The van der Waals surface area contributed by atoms with Crippen LogP contribution in [0.4, 0.5) is 10.8 Å². The fraction of sp³-hybridized carbons (Fsp3) is 0.316. The summed E-state index contributed by atoms with van der Waals surface area (Å²) in [5.41, 5.74) is 9.24. The lowest BCUT2D eigenvalue weighted by Crippen LogP contribution is -2.12. The van der Waals surface area contributed by atoms with E-state index in [2.05, 4.69) is 15.3 Å². The molecule has 0 atom stereocenters. The zero-order valence-corrected chi connectivity index (χ0v) is 16.8. The quantitative estimate of drug-likeness (QED) is 0.673. The molecule has 3 rings (SSSR count). The summed E-state index contributed by atoms with van der Waals surface area (Å²) in [5.74, 6) is 1.08. The lowest BCUT2D eigenvalue weighted by molar-refractivity contribution is 0.100. The molecule has 0 saturated heterocycles. The van der Waals surface area contributed by atoms with Crippen LogP contribution in [0.25, 0.3) is 11.4 Å². The normalized spacial score (nSPS) is 11.0. The summed E-state index contributed by atoms with van der Waals surface area (Å²) >= 11 is 1.47. The average Bonchev–Trinajstić information content (AvgIpc) is 3.13. The maximum absolute atomic E-state index is 11.5. The molecule has 2 heterocycles. The van der Waals surface area contributed by atoms with Crippen LogP contribution in [-0.4, -0.2) is 26.5 Å². The first-order chi connectivity index (χ1) is 12.8. The Morgan fingerprint density at radius 1 is 1.30 bits per heavy atom. The number of nitrogens with one attached hydrogen (secondary N) is 1. The summed E-state index contributed by atoms with van der Waals surface area (Å²) in [5, 5.41) is 5.93. The Bertz CT molecular complexity index is 990. The summed E-state index contributed by atoms with van der Waals surface area (Å²) in [6.45, 7) is 7.83. The third-order valence-electron chi connectivity index (χ3n) is 4.11. The minimum Gasteiger partial charge on any atom is -0.489 e. The number of amides is 1. The summed E-state index contributed by atoms with van der Waals surface area (Å²) in [7, 11) is 1.97. The lowest BCUT2D eigenvalue weighted by Gasteiger charge is -2.15. The fourth-order valence-corrected chi connectivity index (χ4v) is 3.53. The van der Waals surface area contributed by atoms with E-state index in [4.69, 9.17) is 10.5 Å². The number of nitrogens with two attached hydrogens (primary N) is 1. The van der Waals surface area contributed by atoms with Crippen molar-refractivity contribution in [2.75, 3.05) is 5.32 Å². The highest BCUT2D eigenvalue weighted by Gasteiger charge is 2.16. The smallest absolute Gasteiger partial charge is 0.248 e. The van der Waals surface area contributed by atoms with Crippen LogP contribution in [-0.2, 0) is 7.05 Å². The van der Waals surface area contributed by atoms with E-state index in [-0.39, 0.29) is 6.10 Å². The van der Waals surface area contributed by atoms with Crippen LogP contribution in [0.3, 0.4) is 0 Å². The molecular formula is C19H23N5O2S. The van der Waals surface area contributed by atoms with Gasteiger partial charge in [-0.25, -0.2) is 9.97 Å². The maximum Gasteiger partial charge on any atom is 0.248 e. The van der Waals surface area contributed by atoms with E-state index in [1.807, 2.05) is 44.7 Å². The van der Waals surface area contributed by atoms with Crippen LogP contribution in [0.1, 0.15) is 35.7 Å². The highest BCUT2D eigenvalue weighted by atomic mass is 32.1. The summed E-state index contributed by atoms with van der Waals surface area (Å²) in [4.78, 5) is 20.7. The molecule has 1 amide bonds. The van der Waals surface area contributed by atoms with Crippen molar-refractivity contribution >= 4 is 28.1 Å². The molecule has 2 aromatic heterocycles. The SMILES string of the molecule is Cc1nc(C)n(C)c1-c1csc(Nc2cc(C(N)=O)ccc2OC(C)C)n1. The second kappa shape index (κ2) is 7.40. The summed E-state index contributed by atoms with van der Waals surface area (Å²) < 4.78 is 7.86. The minimum atomic E-state index is -0.491. The molecule has 0 aliphatic rings. The molecule has 1 aromatic carbocycles. The van der Waals surface area contributed by atoms with Gasteiger partial charge in [-0.05, 0) is 45.9 Å². The maximum atomic E-state index is 11.5. The Balaban J connectivity index is 1.94. The average molecular weight is 385 g/mol. The largest absolute Gasteiger partial charge is 0.489 e. The number of ether oxygens (including phenoxy) is 1. The predicted octanol–water partition coefficient (Wildman–Crippen LogP) is 3.79. The number of aryl methyl sites for hydroxylation is 2. The van der Waals surface area contributed by atoms with Gasteiger partial charge in [-0.15, -0.1) is 11.3 Å². The van der Waals surface area contributed by atoms with Gasteiger partial charge in [0.05, 0.1) is 23.2 Å². The summed E-state index contributed by atoms with van der Waals surface area (Å²) in [6, 6.07) is 5.08. The van der Waals surface area contributed by atoms with Crippen molar-refractivity contribution in [1.29, 1.82) is 0 Å². The Morgan fingerprint density at radius 2 is 2.04 bits per heavy atom. The molecule has 0 radical (unpaired) electrons. The molecule has 0 spiro atoms. The first-order valence-corrected chi connectivity index (χ1v) is 9.47. The number of benzene rings is 1. The minimum absolute atomic E-state index is 0.00287. The van der Waals surface area contributed by atoms with Crippen molar-refractivity contribution in [2.45, 2.75) is 33.8 Å². The van der Waals surface area contributed by atoms with Crippen molar-refractivity contribution in [3.05, 3.63) is 40.7 Å². The van der Waals surface area contributed by atoms with Gasteiger partial charge in [0.2, 0.25) is 5.91 Å². The molecule has 3 aromatic rings. The van der Waals surface area contributed by atoms with Crippen LogP contribution < -0.4 is 15.8 Å². The van der Waals surface area contributed by atoms with E-state index in [0.717, 1.165) is 22.9 Å². The van der Waals surface area contributed by atoms with Crippen LogP contribution in [0.2, 0.25) is 0 Å². The van der Waals surface area contributed by atoms with Crippen molar-refractivity contribution in [3.63, 3.8) is 0 Å². The van der Waals surface area contributed by atoms with E-state index in [1.54, 1.807) is 18.2 Å². The van der Waals surface area contributed by atoms with Crippen molar-refractivity contribution in [3.8, 4) is 17.1 Å². The molecule has 27 heavy (non-hydrogen) atoms. The van der Waals surface area contributed by atoms with Crippen LogP contribution in [0, 0.1) is 13.8 Å². The number of primary amides is 1. The number of hydrogen-bond donors (Lipinski definition) is 2. The number of carbonyl (C=O) groups is 1. The zero-order valence-electron chi connectivity index (χ0n) is 16.0. The Hall–Kier alpha value is -2.87. The van der Waals surface area contributed by atoms with E-state index in [1.165, 1.54) is 11.3 Å². The molecule has 0 bridgehead atoms. The second-order valence-electron chi connectivity index (χ2n) is 6.56. The molecule has 8 heteroatoms. The Labute approximate surface area is 162 Å². The highest BCUT2D eigenvalue weighted by molar-refractivity contribution is 7.14. The van der Waals surface area contributed by atoms with E-state index in [9.17, 15) is 4.79 Å². The number of nitrogens with zero attached hydrogens (tertiary/aromatic N) is 3. The monoisotopic (exact) mass is 385 g/mol. The number of hydrogen-bond acceptors (Lipinski definition) is 6. The number of thiazole rings is 1. The van der Waals surface area contributed by atoms with E-state index in [0.29, 0.717) is 22.1 Å². The molecule has 3 N–H and O–H groups in total. The van der Waals surface area contributed by atoms with Gasteiger partial charge in [0.25, 0.3) is 0 Å². The Morgan fingerprint density at radius 3 is 2.63 bits per heavy atom. The third kappa shape index (κ3) is 3.95. The van der Waals surface area contributed by atoms with Gasteiger partial charge in [-0.1, -0.05) is 0 Å². The predicted molar refractivity (Wildman–Crippen MR) is 108 cm³/mol. The molecule has 0 saturated carbocycles. The number of carbonyl (C=O) groups excluding carboxylic acids is 1. The van der Waals surface area contributed by atoms with Gasteiger partial charge < -0.3 is 20.4 Å². The fourth-order valence-electron chi connectivity index (χ4n) is 2.83. The molecule has 0 aliphatic heterocycles. The van der Waals surface area contributed by atoms with E-state index >= 15 is 0 Å². The lowest BCUT2D eigenvalue weighted by atomic mass is 10.1. The highest BCUT2D eigenvalue weighted by Crippen LogP contribution is 2.33. The number of aromatic nitrogens is 3. The van der Waals surface area contributed by atoms with Crippen molar-refractivity contribution in [2.24, 2.45) is 12.8 Å². The van der Waals surface area contributed by atoms with Crippen LogP contribution >= 0.6 is 11.3 Å².